The van der Waals surface area contributed by atoms with Gasteiger partial charge >= 0.3 is 0 Å². The van der Waals surface area contributed by atoms with Gasteiger partial charge in [-0.25, -0.2) is 0 Å². The maximum Gasteiger partial charge on any atom is 0.255 e. The van der Waals surface area contributed by atoms with E-state index in [-0.39, 0.29) is 5.91 Å². The van der Waals surface area contributed by atoms with Crippen molar-refractivity contribution in [3.8, 4) is 6.07 Å². The molecule has 0 N–H and O–H groups in total. The van der Waals surface area contributed by atoms with E-state index in [0.717, 1.165) is 17.7 Å². The first-order valence-electron chi connectivity index (χ1n) is 6.00. The highest BCUT2D eigenvalue weighted by Crippen LogP contribution is 2.33. The molecule has 4 nitrogen and oxygen atoms in total. The Morgan fingerprint density at radius 1 is 1.44 bits per heavy atom. The molecule has 4 heteroatoms. The van der Waals surface area contributed by atoms with Crippen LogP contribution in [0.25, 0.3) is 0 Å². The number of nitrogens with zero attached hydrogens (tertiary/aromatic N) is 3. The fourth-order valence-corrected chi connectivity index (χ4v) is 2.22. The van der Waals surface area contributed by atoms with Crippen molar-refractivity contribution in [2.24, 2.45) is 0 Å². The first-order chi connectivity index (χ1) is 8.54. The second-order valence-corrected chi connectivity index (χ2v) is 4.92. The number of hydrogen-bond acceptors (Lipinski definition) is 3. The lowest BCUT2D eigenvalue weighted by Gasteiger charge is -2.22. The van der Waals surface area contributed by atoms with Gasteiger partial charge in [-0.15, -0.1) is 0 Å². The predicted octanol–water partition coefficient (Wildman–Crippen LogP) is 1.58. The Morgan fingerprint density at radius 3 is 2.78 bits per heavy atom. The summed E-state index contributed by atoms with van der Waals surface area (Å²) in [7, 11) is 3.92. The Balaban J connectivity index is 2.31. The number of carbonyl (C=O) groups is 1. The molecule has 1 aromatic rings. The summed E-state index contributed by atoms with van der Waals surface area (Å²) in [6.45, 7) is 3.32. The molecule has 0 radical (unpaired) electrons. The normalized spacial score (nSPS) is 18.1. The van der Waals surface area contributed by atoms with Crippen LogP contribution in [0.5, 0.6) is 0 Å². The van der Waals surface area contributed by atoms with E-state index in [1.54, 1.807) is 4.90 Å². The van der Waals surface area contributed by atoms with Crippen molar-refractivity contribution < 1.29 is 4.79 Å². The third kappa shape index (κ3) is 2.09. The Bertz CT molecular complexity index is 516. The molecule has 0 aromatic heterocycles. The van der Waals surface area contributed by atoms with Gasteiger partial charge in [0.05, 0.1) is 6.07 Å². The monoisotopic (exact) mass is 243 g/mol. The van der Waals surface area contributed by atoms with Crippen LogP contribution in [-0.4, -0.2) is 42.9 Å². The van der Waals surface area contributed by atoms with Gasteiger partial charge in [-0.2, -0.15) is 5.26 Å². The van der Waals surface area contributed by atoms with Gasteiger partial charge < -0.3 is 9.80 Å². The maximum absolute atomic E-state index is 12.2. The van der Waals surface area contributed by atoms with Crippen LogP contribution in [0.2, 0.25) is 0 Å². The summed E-state index contributed by atoms with van der Waals surface area (Å²) in [6.07, 6.45) is 0. The number of benzene rings is 1. The van der Waals surface area contributed by atoms with Gasteiger partial charge in [0.2, 0.25) is 0 Å². The first-order valence-corrected chi connectivity index (χ1v) is 6.00. The molecule has 1 unspecified atom stereocenters. The summed E-state index contributed by atoms with van der Waals surface area (Å²) >= 11 is 0. The zero-order chi connectivity index (χ0) is 13.3. The second-order valence-electron chi connectivity index (χ2n) is 4.92. The molecule has 0 fully saturated rings. The Morgan fingerprint density at radius 2 is 2.17 bits per heavy atom. The first kappa shape index (κ1) is 12.6. The quantitative estimate of drug-likeness (QED) is 0.809. The third-order valence-corrected chi connectivity index (χ3v) is 3.22. The molecule has 18 heavy (non-hydrogen) atoms. The molecule has 1 aromatic carbocycles. The lowest BCUT2D eigenvalue weighted by molar-refractivity contribution is 0.0746. The van der Waals surface area contributed by atoms with E-state index in [1.165, 1.54) is 0 Å². The molecule has 1 aliphatic rings. The van der Waals surface area contributed by atoms with Gasteiger partial charge in [-0.1, -0.05) is 17.7 Å². The van der Waals surface area contributed by atoms with E-state index < -0.39 is 6.04 Å². The van der Waals surface area contributed by atoms with Crippen LogP contribution in [-0.2, 0) is 0 Å². The summed E-state index contributed by atoms with van der Waals surface area (Å²) in [6, 6.07) is 7.49. The van der Waals surface area contributed by atoms with Gasteiger partial charge in [0.25, 0.3) is 5.91 Å². The summed E-state index contributed by atoms with van der Waals surface area (Å²) in [5, 5.41) is 9.30. The van der Waals surface area contributed by atoms with Gasteiger partial charge in [0.1, 0.15) is 6.04 Å². The Hall–Kier alpha value is -1.86. The average Bonchev–Trinajstić information content (AvgIpc) is 2.58. The Labute approximate surface area is 107 Å². The van der Waals surface area contributed by atoms with E-state index in [9.17, 15) is 10.1 Å². The fraction of sp³-hybridized carbons (Fsp3) is 0.429. The molecule has 0 saturated heterocycles. The van der Waals surface area contributed by atoms with Crippen LogP contribution in [0.4, 0.5) is 0 Å². The van der Waals surface area contributed by atoms with Crippen molar-refractivity contribution in [2.75, 3.05) is 27.2 Å². The van der Waals surface area contributed by atoms with Crippen LogP contribution in [0, 0.1) is 18.3 Å². The van der Waals surface area contributed by atoms with Gasteiger partial charge in [-0.3, -0.25) is 4.79 Å². The predicted molar refractivity (Wildman–Crippen MR) is 69.1 cm³/mol. The second kappa shape index (κ2) is 4.79. The number of fused-ring (bicyclic) bond motifs is 1. The SMILES string of the molecule is Cc1ccc2c(c1)C(C#N)N(CCN(C)C)C2=O. The highest BCUT2D eigenvalue weighted by molar-refractivity contribution is 5.99. The average molecular weight is 243 g/mol. The zero-order valence-electron chi connectivity index (χ0n) is 11.0. The van der Waals surface area contributed by atoms with Crippen LogP contribution in [0.1, 0.15) is 27.5 Å². The maximum atomic E-state index is 12.2. The van der Waals surface area contributed by atoms with Crippen molar-refractivity contribution in [1.82, 2.24) is 9.80 Å². The van der Waals surface area contributed by atoms with Crippen LogP contribution >= 0.6 is 0 Å². The molecule has 1 atom stereocenters. The molecule has 0 aliphatic carbocycles. The molecule has 0 saturated carbocycles. The highest BCUT2D eigenvalue weighted by atomic mass is 16.2. The Kier molecular flexibility index (Phi) is 3.35. The van der Waals surface area contributed by atoms with Crippen LogP contribution in [0.15, 0.2) is 18.2 Å². The van der Waals surface area contributed by atoms with Crippen molar-refractivity contribution in [3.05, 3.63) is 34.9 Å². The van der Waals surface area contributed by atoms with Gasteiger partial charge in [0.15, 0.2) is 0 Å². The highest BCUT2D eigenvalue weighted by Gasteiger charge is 2.36. The van der Waals surface area contributed by atoms with E-state index >= 15 is 0 Å². The van der Waals surface area contributed by atoms with Crippen molar-refractivity contribution in [1.29, 1.82) is 5.26 Å². The summed E-state index contributed by atoms with van der Waals surface area (Å²) in [5.74, 6) is -0.0293. The molecule has 94 valence electrons. The number of carbonyl (C=O) groups excluding carboxylic acids is 1. The van der Waals surface area contributed by atoms with Crippen molar-refractivity contribution in [2.45, 2.75) is 13.0 Å². The third-order valence-electron chi connectivity index (χ3n) is 3.22. The number of amides is 1. The molecule has 0 spiro atoms. The fourth-order valence-electron chi connectivity index (χ4n) is 2.22. The summed E-state index contributed by atoms with van der Waals surface area (Å²) in [5.41, 5.74) is 2.60. The largest absolute Gasteiger partial charge is 0.317 e. The molecular formula is C14H17N3O. The van der Waals surface area contributed by atoms with E-state index in [2.05, 4.69) is 6.07 Å². The summed E-state index contributed by atoms with van der Waals surface area (Å²) in [4.78, 5) is 15.9. The van der Waals surface area contributed by atoms with Crippen molar-refractivity contribution in [3.63, 3.8) is 0 Å². The molecule has 2 rings (SSSR count). The minimum Gasteiger partial charge on any atom is -0.317 e. The van der Waals surface area contributed by atoms with Gasteiger partial charge in [-0.05, 0) is 27.1 Å². The minimum absolute atomic E-state index is 0.0293. The van der Waals surface area contributed by atoms with E-state index in [4.69, 9.17) is 0 Å². The molecular weight excluding hydrogens is 226 g/mol. The minimum atomic E-state index is -0.438. The molecule has 0 bridgehead atoms. The number of rotatable bonds is 3. The number of nitriles is 1. The van der Waals surface area contributed by atoms with Crippen molar-refractivity contribution >= 4 is 5.91 Å². The number of likely N-dealkylation sites (N-methyl/N-ethyl adjacent to an activating group) is 1. The lowest BCUT2D eigenvalue weighted by Crippen LogP contribution is -2.34. The molecule has 1 amide bonds. The van der Waals surface area contributed by atoms with Crippen LogP contribution in [0.3, 0.4) is 0 Å². The van der Waals surface area contributed by atoms with E-state index in [0.29, 0.717) is 12.1 Å². The zero-order valence-corrected chi connectivity index (χ0v) is 11.0. The standard InChI is InChI=1S/C14H17N3O/c1-10-4-5-11-12(8-10)13(9-15)17(14(11)18)7-6-16(2)3/h4-5,8,13H,6-7H2,1-3H3. The topological polar surface area (TPSA) is 47.3 Å². The molecule has 1 aliphatic heterocycles. The summed E-state index contributed by atoms with van der Waals surface area (Å²) < 4.78 is 0. The molecule has 1 heterocycles. The van der Waals surface area contributed by atoms with Crippen LogP contribution < -0.4 is 0 Å². The lowest BCUT2D eigenvalue weighted by atomic mass is 10.0. The number of hydrogen-bond donors (Lipinski definition) is 0. The van der Waals surface area contributed by atoms with Gasteiger partial charge in [0, 0.05) is 24.2 Å². The number of aryl methyl sites for hydroxylation is 1. The van der Waals surface area contributed by atoms with E-state index in [1.807, 2.05) is 44.1 Å². The smallest absolute Gasteiger partial charge is 0.255 e.